The maximum absolute atomic E-state index is 13.1. The monoisotopic (exact) mass is 350 g/mol. The maximum atomic E-state index is 13.1. The Hall–Kier alpha value is -1.95. The van der Waals surface area contributed by atoms with Crippen LogP contribution in [0.25, 0.3) is 0 Å². The van der Waals surface area contributed by atoms with E-state index in [9.17, 15) is 19.1 Å². The minimum Gasteiger partial charge on any atom is -0.481 e. The molecular formula is C19H27FN2O3. The van der Waals surface area contributed by atoms with Crippen molar-refractivity contribution in [2.75, 3.05) is 19.6 Å². The topological polar surface area (TPSA) is 69.6 Å². The molecule has 3 unspecified atom stereocenters. The molecule has 1 amide bonds. The molecule has 1 saturated heterocycles. The Morgan fingerprint density at radius 2 is 1.92 bits per heavy atom. The molecule has 138 valence electrons. The molecule has 1 aromatic carbocycles. The van der Waals surface area contributed by atoms with Crippen molar-refractivity contribution >= 4 is 11.9 Å². The molecule has 0 aromatic heterocycles. The van der Waals surface area contributed by atoms with Gasteiger partial charge < -0.3 is 10.4 Å². The Bertz CT molecular complexity index is 603. The molecule has 1 aromatic rings. The van der Waals surface area contributed by atoms with Crippen LogP contribution in [0.4, 0.5) is 4.39 Å². The van der Waals surface area contributed by atoms with Crippen molar-refractivity contribution in [3.8, 4) is 0 Å². The lowest BCUT2D eigenvalue weighted by atomic mass is 9.90. The third kappa shape index (κ3) is 5.53. The van der Waals surface area contributed by atoms with Crippen molar-refractivity contribution in [1.82, 2.24) is 10.2 Å². The van der Waals surface area contributed by atoms with Crippen LogP contribution < -0.4 is 5.32 Å². The first-order valence-corrected chi connectivity index (χ1v) is 8.76. The van der Waals surface area contributed by atoms with Gasteiger partial charge in [-0.1, -0.05) is 32.9 Å². The number of piperidine rings is 1. The van der Waals surface area contributed by atoms with Crippen LogP contribution in [0.3, 0.4) is 0 Å². The molecule has 2 N–H and O–H groups in total. The van der Waals surface area contributed by atoms with Gasteiger partial charge in [-0.25, -0.2) is 4.39 Å². The number of rotatable bonds is 6. The average Bonchev–Trinajstić information content (AvgIpc) is 2.52. The molecule has 1 aliphatic rings. The number of carbonyl (C=O) groups excluding carboxylic acids is 1. The predicted molar refractivity (Wildman–Crippen MR) is 93.5 cm³/mol. The summed E-state index contributed by atoms with van der Waals surface area (Å²) in [5.41, 5.74) is 0.861. The third-order valence-corrected chi connectivity index (χ3v) is 4.66. The summed E-state index contributed by atoms with van der Waals surface area (Å²) in [6, 6.07) is 5.94. The van der Waals surface area contributed by atoms with Crippen LogP contribution in [-0.4, -0.2) is 41.5 Å². The maximum Gasteiger partial charge on any atom is 0.307 e. The SMILES string of the molecule is CC1CC(C(=O)O)CN(CC(=O)NC(c2ccc(F)cc2)C(C)C)C1. The highest BCUT2D eigenvalue weighted by molar-refractivity contribution is 5.78. The molecule has 6 heteroatoms. The lowest BCUT2D eigenvalue weighted by Crippen LogP contribution is -2.47. The molecule has 0 radical (unpaired) electrons. The van der Waals surface area contributed by atoms with Crippen molar-refractivity contribution in [2.24, 2.45) is 17.8 Å². The van der Waals surface area contributed by atoms with Gasteiger partial charge in [0.2, 0.25) is 5.91 Å². The van der Waals surface area contributed by atoms with Gasteiger partial charge in [-0.05, 0) is 36.0 Å². The predicted octanol–water partition coefficient (Wildman–Crippen LogP) is 2.68. The summed E-state index contributed by atoms with van der Waals surface area (Å²) in [7, 11) is 0. The van der Waals surface area contributed by atoms with Gasteiger partial charge in [-0.15, -0.1) is 0 Å². The molecule has 1 fully saturated rings. The van der Waals surface area contributed by atoms with E-state index in [1.54, 1.807) is 12.1 Å². The number of amides is 1. The summed E-state index contributed by atoms with van der Waals surface area (Å²) in [4.78, 5) is 25.6. The fraction of sp³-hybridized carbons (Fsp3) is 0.579. The van der Waals surface area contributed by atoms with Gasteiger partial charge in [-0.3, -0.25) is 14.5 Å². The summed E-state index contributed by atoms with van der Waals surface area (Å²) in [6.07, 6.45) is 0.650. The number of halogens is 1. The molecule has 5 nitrogen and oxygen atoms in total. The molecule has 0 aliphatic carbocycles. The second kappa shape index (κ2) is 8.43. The first kappa shape index (κ1) is 19.4. The number of likely N-dealkylation sites (tertiary alicyclic amines) is 1. The molecule has 25 heavy (non-hydrogen) atoms. The van der Waals surface area contributed by atoms with E-state index in [2.05, 4.69) is 5.32 Å². The van der Waals surface area contributed by atoms with E-state index >= 15 is 0 Å². The number of nitrogens with zero attached hydrogens (tertiary/aromatic N) is 1. The summed E-state index contributed by atoms with van der Waals surface area (Å²) in [6.45, 7) is 7.31. The van der Waals surface area contributed by atoms with Gasteiger partial charge in [0.05, 0.1) is 18.5 Å². The van der Waals surface area contributed by atoms with Gasteiger partial charge in [0, 0.05) is 13.1 Å². The van der Waals surface area contributed by atoms with Crippen LogP contribution in [0, 0.1) is 23.6 Å². The van der Waals surface area contributed by atoms with Crippen molar-refractivity contribution in [3.63, 3.8) is 0 Å². The van der Waals surface area contributed by atoms with Crippen molar-refractivity contribution in [2.45, 2.75) is 33.2 Å². The van der Waals surface area contributed by atoms with Crippen LogP contribution >= 0.6 is 0 Å². The quantitative estimate of drug-likeness (QED) is 0.828. The normalized spacial score (nSPS) is 22.6. The number of nitrogens with one attached hydrogen (secondary N) is 1. The fourth-order valence-corrected chi connectivity index (χ4v) is 3.50. The van der Waals surface area contributed by atoms with E-state index < -0.39 is 11.9 Å². The first-order chi connectivity index (χ1) is 11.8. The zero-order chi connectivity index (χ0) is 18.6. The third-order valence-electron chi connectivity index (χ3n) is 4.66. The highest BCUT2D eigenvalue weighted by Crippen LogP contribution is 2.23. The Morgan fingerprint density at radius 1 is 1.28 bits per heavy atom. The molecule has 0 spiro atoms. The summed E-state index contributed by atoms with van der Waals surface area (Å²) in [5.74, 6) is -1.26. The molecular weight excluding hydrogens is 323 g/mol. The first-order valence-electron chi connectivity index (χ1n) is 8.76. The number of carboxylic acids is 1. The molecule has 2 rings (SSSR count). The Morgan fingerprint density at radius 3 is 2.48 bits per heavy atom. The van der Waals surface area contributed by atoms with Crippen LogP contribution in [-0.2, 0) is 9.59 Å². The van der Waals surface area contributed by atoms with Gasteiger partial charge in [0.25, 0.3) is 0 Å². The Balaban J connectivity index is 1.99. The fourth-order valence-electron chi connectivity index (χ4n) is 3.50. The number of hydrogen-bond acceptors (Lipinski definition) is 3. The zero-order valence-electron chi connectivity index (χ0n) is 15.0. The lowest BCUT2D eigenvalue weighted by Gasteiger charge is -2.34. The highest BCUT2D eigenvalue weighted by Gasteiger charge is 2.30. The van der Waals surface area contributed by atoms with Crippen LogP contribution in [0.15, 0.2) is 24.3 Å². The van der Waals surface area contributed by atoms with Crippen molar-refractivity contribution in [1.29, 1.82) is 0 Å². The van der Waals surface area contributed by atoms with Crippen LogP contribution in [0.1, 0.15) is 38.8 Å². The Kier molecular flexibility index (Phi) is 6.53. The summed E-state index contributed by atoms with van der Waals surface area (Å²) < 4.78 is 13.1. The second-order valence-electron chi connectivity index (χ2n) is 7.41. The number of carbonyl (C=O) groups is 2. The van der Waals surface area contributed by atoms with Crippen LogP contribution in [0.2, 0.25) is 0 Å². The highest BCUT2D eigenvalue weighted by atomic mass is 19.1. The smallest absolute Gasteiger partial charge is 0.307 e. The molecule has 0 bridgehead atoms. The Labute approximate surface area is 148 Å². The van der Waals surface area contributed by atoms with Gasteiger partial charge in [-0.2, -0.15) is 0 Å². The average molecular weight is 350 g/mol. The minimum absolute atomic E-state index is 0.138. The number of benzene rings is 1. The molecule has 3 atom stereocenters. The molecule has 1 aliphatic heterocycles. The summed E-state index contributed by atoms with van der Waals surface area (Å²) >= 11 is 0. The van der Waals surface area contributed by atoms with E-state index in [0.717, 1.165) is 12.1 Å². The molecule has 1 heterocycles. The van der Waals surface area contributed by atoms with Crippen LogP contribution in [0.5, 0.6) is 0 Å². The lowest BCUT2D eigenvalue weighted by molar-refractivity contribution is -0.145. The van der Waals surface area contributed by atoms with E-state index in [-0.39, 0.29) is 36.1 Å². The van der Waals surface area contributed by atoms with E-state index in [1.807, 2.05) is 25.7 Å². The van der Waals surface area contributed by atoms with E-state index in [4.69, 9.17) is 0 Å². The standard InChI is InChI=1S/C19H27FN2O3/c1-12(2)18(14-4-6-16(20)7-5-14)21-17(23)11-22-9-13(3)8-15(10-22)19(24)25/h4-7,12-13,15,18H,8-11H2,1-3H3,(H,21,23)(H,24,25). The van der Waals surface area contributed by atoms with Gasteiger partial charge >= 0.3 is 5.97 Å². The van der Waals surface area contributed by atoms with Crippen molar-refractivity contribution in [3.05, 3.63) is 35.6 Å². The second-order valence-corrected chi connectivity index (χ2v) is 7.41. The minimum atomic E-state index is -0.802. The number of aliphatic carboxylic acids is 1. The van der Waals surface area contributed by atoms with E-state index in [1.165, 1.54) is 12.1 Å². The van der Waals surface area contributed by atoms with E-state index in [0.29, 0.717) is 13.0 Å². The van der Waals surface area contributed by atoms with Gasteiger partial charge in [0.15, 0.2) is 0 Å². The zero-order valence-corrected chi connectivity index (χ0v) is 15.0. The molecule has 0 saturated carbocycles. The summed E-state index contributed by atoms with van der Waals surface area (Å²) in [5, 5.41) is 12.2. The number of hydrogen-bond donors (Lipinski definition) is 2. The largest absolute Gasteiger partial charge is 0.481 e. The number of carboxylic acid groups (broad SMARTS) is 1. The van der Waals surface area contributed by atoms with Crippen molar-refractivity contribution < 1.29 is 19.1 Å². The van der Waals surface area contributed by atoms with Gasteiger partial charge in [0.1, 0.15) is 5.82 Å².